The van der Waals surface area contributed by atoms with Crippen LogP contribution in [0.15, 0.2) is 18.2 Å². The Morgan fingerprint density at radius 1 is 1.15 bits per heavy atom. The molecule has 2 nitrogen and oxygen atoms in total. The molecular weight excluding hydrogens is 251 g/mol. The Balaban J connectivity index is 3.11. The van der Waals surface area contributed by atoms with Gasteiger partial charge >= 0.3 is 0 Å². The quantitative estimate of drug-likeness (QED) is 0.863. The number of hydrogen-bond donors (Lipinski definition) is 1. The minimum atomic E-state index is -0.141. The highest BCUT2D eigenvalue weighted by atomic mass is 19.1. The first-order valence-electron chi connectivity index (χ1n) is 7.35. The summed E-state index contributed by atoms with van der Waals surface area (Å²) in [5, 5.41) is 3.38. The maximum Gasteiger partial charge on any atom is 0.129 e. The fraction of sp³-hybridized carbons (Fsp3) is 0.647. The molecule has 0 atom stereocenters. The molecular formula is C17H29FN2. The lowest BCUT2D eigenvalue weighted by molar-refractivity contribution is 0.416. The van der Waals surface area contributed by atoms with Crippen LogP contribution in [0.5, 0.6) is 0 Å². The summed E-state index contributed by atoms with van der Waals surface area (Å²) < 4.78 is 14.2. The van der Waals surface area contributed by atoms with E-state index in [0.717, 1.165) is 17.7 Å². The Morgan fingerprint density at radius 2 is 1.75 bits per heavy atom. The van der Waals surface area contributed by atoms with E-state index in [2.05, 4.69) is 51.8 Å². The van der Waals surface area contributed by atoms with E-state index in [-0.39, 0.29) is 16.9 Å². The number of nitrogens with zero attached hydrogens (tertiary/aromatic N) is 1. The standard InChI is InChI=1S/C17H29FN2/c1-8-17(5,6)20(7)15-11-9-10-14(18)13(15)12-19-16(2,3)4/h9-11,19H,8,12H2,1-7H3. The van der Waals surface area contributed by atoms with Crippen LogP contribution >= 0.6 is 0 Å². The molecule has 114 valence electrons. The molecule has 0 aromatic heterocycles. The maximum absolute atomic E-state index is 14.2. The molecule has 0 aliphatic rings. The summed E-state index contributed by atoms with van der Waals surface area (Å²) in [7, 11) is 2.04. The predicted octanol–water partition coefficient (Wildman–Crippen LogP) is 4.34. The number of benzene rings is 1. The normalized spacial score (nSPS) is 12.6. The van der Waals surface area contributed by atoms with E-state index < -0.39 is 0 Å². The molecule has 0 aliphatic heterocycles. The molecule has 0 bridgehead atoms. The van der Waals surface area contributed by atoms with Crippen LogP contribution in [0.1, 0.15) is 53.5 Å². The van der Waals surface area contributed by atoms with Crippen LogP contribution in [0, 0.1) is 5.82 Å². The number of hydrogen-bond acceptors (Lipinski definition) is 2. The molecule has 0 spiro atoms. The second-order valence-corrected chi connectivity index (χ2v) is 7.07. The van der Waals surface area contributed by atoms with Gasteiger partial charge in [0.1, 0.15) is 5.82 Å². The van der Waals surface area contributed by atoms with E-state index in [4.69, 9.17) is 0 Å². The SMILES string of the molecule is CCC(C)(C)N(C)c1cccc(F)c1CNC(C)(C)C. The average Bonchev–Trinajstić information content (AvgIpc) is 2.35. The van der Waals surface area contributed by atoms with Crippen molar-refractivity contribution in [3.05, 3.63) is 29.6 Å². The molecule has 0 unspecified atom stereocenters. The molecule has 0 fully saturated rings. The summed E-state index contributed by atoms with van der Waals surface area (Å²) in [5.74, 6) is -0.141. The van der Waals surface area contributed by atoms with Crippen LogP contribution in [0.3, 0.4) is 0 Å². The lowest BCUT2D eigenvalue weighted by Gasteiger charge is -2.38. The Bertz CT molecular complexity index is 447. The fourth-order valence-electron chi connectivity index (χ4n) is 1.95. The van der Waals surface area contributed by atoms with Crippen LogP contribution < -0.4 is 10.2 Å². The Labute approximate surface area is 123 Å². The summed E-state index contributed by atoms with van der Waals surface area (Å²) in [5.41, 5.74) is 1.68. The van der Waals surface area contributed by atoms with E-state index in [9.17, 15) is 4.39 Å². The maximum atomic E-state index is 14.2. The van der Waals surface area contributed by atoms with Gasteiger partial charge in [-0.1, -0.05) is 13.0 Å². The highest BCUT2D eigenvalue weighted by molar-refractivity contribution is 5.55. The van der Waals surface area contributed by atoms with Gasteiger partial charge in [-0.25, -0.2) is 4.39 Å². The summed E-state index contributed by atoms with van der Waals surface area (Å²) in [6.07, 6.45) is 1.01. The molecule has 0 aliphatic carbocycles. The highest BCUT2D eigenvalue weighted by Gasteiger charge is 2.24. The second-order valence-electron chi connectivity index (χ2n) is 7.07. The Kier molecular flexibility index (Phi) is 5.20. The number of halogens is 1. The third-order valence-electron chi connectivity index (χ3n) is 4.02. The van der Waals surface area contributed by atoms with Gasteiger partial charge in [-0.05, 0) is 53.2 Å². The summed E-state index contributed by atoms with van der Waals surface area (Å²) in [4.78, 5) is 2.18. The molecule has 20 heavy (non-hydrogen) atoms. The van der Waals surface area contributed by atoms with Crippen LogP contribution in [0.4, 0.5) is 10.1 Å². The molecule has 0 heterocycles. The van der Waals surface area contributed by atoms with Crippen molar-refractivity contribution in [3.8, 4) is 0 Å². The lowest BCUT2D eigenvalue weighted by Crippen LogP contribution is -2.42. The second kappa shape index (κ2) is 6.13. The van der Waals surface area contributed by atoms with Gasteiger partial charge in [-0.3, -0.25) is 0 Å². The molecule has 3 heteroatoms. The van der Waals surface area contributed by atoms with Crippen LogP contribution in [0.25, 0.3) is 0 Å². The van der Waals surface area contributed by atoms with Crippen molar-refractivity contribution in [2.75, 3.05) is 11.9 Å². The van der Waals surface area contributed by atoms with Crippen molar-refractivity contribution in [1.29, 1.82) is 0 Å². The van der Waals surface area contributed by atoms with Gasteiger partial charge in [-0.15, -0.1) is 0 Å². The predicted molar refractivity (Wildman–Crippen MR) is 85.8 cm³/mol. The summed E-state index contributed by atoms with van der Waals surface area (Å²) >= 11 is 0. The lowest BCUT2D eigenvalue weighted by atomic mass is 9.97. The van der Waals surface area contributed by atoms with Gasteiger partial charge in [0.2, 0.25) is 0 Å². The average molecular weight is 280 g/mol. The molecule has 0 saturated carbocycles. The smallest absolute Gasteiger partial charge is 0.129 e. The first-order valence-corrected chi connectivity index (χ1v) is 7.35. The van der Waals surface area contributed by atoms with E-state index in [0.29, 0.717) is 6.54 Å². The zero-order valence-electron chi connectivity index (χ0n) is 14.0. The number of nitrogens with one attached hydrogen (secondary N) is 1. The van der Waals surface area contributed by atoms with Gasteiger partial charge in [0.15, 0.2) is 0 Å². The van der Waals surface area contributed by atoms with E-state index in [1.165, 1.54) is 6.07 Å². The summed E-state index contributed by atoms with van der Waals surface area (Å²) in [6, 6.07) is 5.32. The first-order chi connectivity index (χ1) is 9.08. The van der Waals surface area contributed by atoms with Gasteiger partial charge in [0, 0.05) is 35.9 Å². The minimum absolute atomic E-state index is 0.00424. The van der Waals surface area contributed by atoms with Gasteiger partial charge in [-0.2, -0.15) is 0 Å². The van der Waals surface area contributed by atoms with E-state index >= 15 is 0 Å². The molecule has 0 amide bonds. The van der Waals surface area contributed by atoms with Crippen molar-refractivity contribution >= 4 is 5.69 Å². The molecule has 1 aromatic carbocycles. The zero-order valence-corrected chi connectivity index (χ0v) is 14.0. The van der Waals surface area contributed by atoms with Crippen LogP contribution in [-0.4, -0.2) is 18.1 Å². The Hall–Kier alpha value is -1.09. The minimum Gasteiger partial charge on any atom is -0.369 e. The molecule has 1 aromatic rings. The third-order valence-corrected chi connectivity index (χ3v) is 4.02. The largest absolute Gasteiger partial charge is 0.369 e. The molecule has 0 radical (unpaired) electrons. The highest BCUT2D eigenvalue weighted by Crippen LogP contribution is 2.29. The van der Waals surface area contributed by atoms with Crippen molar-refractivity contribution in [2.45, 2.75) is 65.6 Å². The third kappa shape index (κ3) is 4.20. The monoisotopic (exact) mass is 280 g/mol. The molecule has 0 saturated heterocycles. The van der Waals surface area contributed by atoms with Gasteiger partial charge in [0.05, 0.1) is 0 Å². The van der Waals surface area contributed by atoms with Crippen molar-refractivity contribution in [3.63, 3.8) is 0 Å². The van der Waals surface area contributed by atoms with E-state index in [1.54, 1.807) is 6.07 Å². The van der Waals surface area contributed by atoms with E-state index in [1.807, 2.05) is 13.1 Å². The van der Waals surface area contributed by atoms with Crippen molar-refractivity contribution in [2.24, 2.45) is 0 Å². The number of rotatable bonds is 5. The van der Waals surface area contributed by atoms with Crippen molar-refractivity contribution in [1.82, 2.24) is 5.32 Å². The molecule has 1 N–H and O–H groups in total. The first kappa shape index (κ1) is 17.0. The van der Waals surface area contributed by atoms with Crippen LogP contribution in [-0.2, 0) is 6.54 Å². The van der Waals surface area contributed by atoms with Gasteiger partial charge < -0.3 is 10.2 Å². The number of anilines is 1. The molecule has 1 rings (SSSR count). The van der Waals surface area contributed by atoms with Crippen molar-refractivity contribution < 1.29 is 4.39 Å². The van der Waals surface area contributed by atoms with Gasteiger partial charge in [0.25, 0.3) is 0 Å². The fourth-order valence-corrected chi connectivity index (χ4v) is 1.95. The van der Waals surface area contributed by atoms with Crippen LogP contribution in [0.2, 0.25) is 0 Å². The zero-order chi connectivity index (χ0) is 15.6. The Morgan fingerprint density at radius 3 is 2.25 bits per heavy atom. The summed E-state index contributed by atoms with van der Waals surface area (Å²) in [6.45, 7) is 13.3. The topological polar surface area (TPSA) is 15.3 Å².